The Bertz CT molecular complexity index is 1130. The van der Waals surface area contributed by atoms with Crippen LogP contribution in [0.2, 0.25) is 0 Å². The van der Waals surface area contributed by atoms with Gasteiger partial charge in [-0.1, -0.05) is 6.07 Å². The van der Waals surface area contributed by atoms with Gasteiger partial charge in [0.05, 0.1) is 23.7 Å². The van der Waals surface area contributed by atoms with Gasteiger partial charge in [0.1, 0.15) is 12.1 Å². The molecule has 3 N–H and O–H groups in total. The van der Waals surface area contributed by atoms with Crippen molar-refractivity contribution in [2.45, 2.75) is 6.04 Å². The number of nitrogens with one attached hydrogen (secondary N) is 3. The van der Waals surface area contributed by atoms with Crippen LogP contribution in [0, 0.1) is 0 Å². The first kappa shape index (κ1) is 20.2. The second-order valence-corrected chi connectivity index (χ2v) is 10.0. The van der Waals surface area contributed by atoms with Crippen LogP contribution in [0.25, 0.3) is 5.57 Å². The lowest BCUT2D eigenvalue weighted by molar-refractivity contribution is 0.374. The van der Waals surface area contributed by atoms with Gasteiger partial charge in [-0.3, -0.25) is 0 Å². The van der Waals surface area contributed by atoms with Gasteiger partial charge in [0.25, 0.3) is 0 Å². The molecular formula is C20H26N8O2S. The monoisotopic (exact) mass is 442 g/mol. The standard InChI is InChI=1S/C20H26N8O2S/c1-26-12-15(11-23-26)14-3-4-17-16(9-14)20(25-24-17)18-10-19(22-13-21-18)27-5-7-28(8-6-27)31(2,29)30/h3-4,9-10,12-13,20,23-25H,5-8,11H2,1-2H3. The first-order valence-corrected chi connectivity index (χ1v) is 12.1. The fraction of sp³-hybridized carbons (Fsp3) is 0.400. The van der Waals surface area contributed by atoms with Gasteiger partial charge >= 0.3 is 0 Å². The number of hydrogen-bond donors (Lipinski definition) is 3. The van der Waals surface area contributed by atoms with Gasteiger partial charge in [0.15, 0.2) is 0 Å². The third-order valence-corrected chi connectivity index (χ3v) is 7.26. The van der Waals surface area contributed by atoms with Crippen LogP contribution in [0.1, 0.15) is 22.9 Å². The van der Waals surface area contributed by atoms with Crippen molar-refractivity contribution < 1.29 is 8.42 Å². The first-order chi connectivity index (χ1) is 14.9. The van der Waals surface area contributed by atoms with Crippen molar-refractivity contribution in [3.63, 3.8) is 0 Å². The van der Waals surface area contributed by atoms with Crippen LogP contribution in [0.3, 0.4) is 0 Å². The molecule has 0 bridgehead atoms. The highest BCUT2D eigenvalue weighted by Gasteiger charge is 2.28. The lowest BCUT2D eigenvalue weighted by Crippen LogP contribution is -2.48. The van der Waals surface area contributed by atoms with Crippen molar-refractivity contribution in [3.8, 4) is 0 Å². The zero-order valence-electron chi connectivity index (χ0n) is 17.5. The molecule has 5 rings (SSSR count). The number of rotatable bonds is 4. The van der Waals surface area contributed by atoms with Crippen LogP contribution < -0.4 is 21.2 Å². The van der Waals surface area contributed by atoms with Crippen molar-refractivity contribution in [2.24, 2.45) is 0 Å². The predicted molar refractivity (Wildman–Crippen MR) is 119 cm³/mol. The summed E-state index contributed by atoms with van der Waals surface area (Å²) in [5, 5.41) is 1.97. The van der Waals surface area contributed by atoms with E-state index in [4.69, 9.17) is 0 Å². The van der Waals surface area contributed by atoms with Gasteiger partial charge in [0.2, 0.25) is 10.0 Å². The maximum Gasteiger partial charge on any atom is 0.211 e. The molecule has 3 aliphatic heterocycles. The average Bonchev–Trinajstić information content (AvgIpc) is 3.39. The van der Waals surface area contributed by atoms with Crippen molar-refractivity contribution in [3.05, 3.63) is 53.6 Å². The lowest BCUT2D eigenvalue weighted by atomic mass is 9.98. The number of fused-ring (bicyclic) bond motifs is 1. The van der Waals surface area contributed by atoms with Crippen molar-refractivity contribution in [1.82, 2.24) is 30.1 Å². The largest absolute Gasteiger partial charge is 0.354 e. The predicted octanol–water partition coefficient (Wildman–Crippen LogP) is 0.369. The van der Waals surface area contributed by atoms with E-state index in [1.807, 2.05) is 18.1 Å². The van der Waals surface area contributed by atoms with E-state index in [2.05, 4.69) is 55.5 Å². The van der Waals surface area contributed by atoms with E-state index in [1.54, 1.807) is 6.33 Å². The summed E-state index contributed by atoms with van der Waals surface area (Å²) >= 11 is 0. The molecule has 10 nitrogen and oxygen atoms in total. The highest BCUT2D eigenvalue weighted by molar-refractivity contribution is 7.88. The SMILES string of the molecule is CN1C=C(c2ccc3c(c2)C(c2cc(N4CCN(S(C)(=O)=O)CC4)ncn2)NN3)CN1. The summed E-state index contributed by atoms with van der Waals surface area (Å²) in [5.41, 5.74) is 15.3. The Kier molecular flexibility index (Phi) is 5.05. The molecular weight excluding hydrogens is 416 g/mol. The molecule has 0 spiro atoms. The third-order valence-electron chi connectivity index (χ3n) is 5.95. The van der Waals surface area contributed by atoms with Gasteiger partial charge in [-0.05, 0) is 23.3 Å². The molecule has 3 aliphatic rings. The van der Waals surface area contributed by atoms with Crippen molar-refractivity contribution >= 4 is 27.1 Å². The molecule has 1 unspecified atom stereocenters. The van der Waals surface area contributed by atoms with E-state index >= 15 is 0 Å². The first-order valence-electron chi connectivity index (χ1n) is 10.2. The number of hydrogen-bond acceptors (Lipinski definition) is 9. The minimum Gasteiger partial charge on any atom is -0.354 e. The van der Waals surface area contributed by atoms with Gasteiger partial charge in [0, 0.05) is 57.6 Å². The maximum atomic E-state index is 11.8. The molecule has 164 valence electrons. The van der Waals surface area contributed by atoms with Crippen molar-refractivity contribution in [1.29, 1.82) is 0 Å². The zero-order chi connectivity index (χ0) is 21.6. The number of benzene rings is 1. The van der Waals surface area contributed by atoms with Crippen LogP contribution in [0.15, 0.2) is 36.8 Å². The molecule has 0 radical (unpaired) electrons. The van der Waals surface area contributed by atoms with Crippen LogP contribution in [0.5, 0.6) is 0 Å². The molecule has 0 saturated carbocycles. The number of nitrogens with zero attached hydrogens (tertiary/aromatic N) is 5. The Morgan fingerprint density at radius 2 is 1.90 bits per heavy atom. The summed E-state index contributed by atoms with van der Waals surface area (Å²) < 4.78 is 25.1. The van der Waals surface area contributed by atoms with E-state index in [0.717, 1.165) is 29.3 Å². The van der Waals surface area contributed by atoms with Crippen LogP contribution in [0.4, 0.5) is 11.5 Å². The zero-order valence-corrected chi connectivity index (χ0v) is 18.4. The summed E-state index contributed by atoms with van der Waals surface area (Å²) in [6.45, 7) is 2.94. The molecule has 11 heteroatoms. The maximum absolute atomic E-state index is 11.8. The second-order valence-electron chi connectivity index (χ2n) is 8.05. The molecule has 0 aliphatic carbocycles. The highest BCUT2D eigenvalue weighted by Crippen LogP contribution is 2.35. The van der Waals surface area contributed by atoms with E-state index in [9.17, 15) is 8.42 Å². The molecule has 31 heavy (non-hydrogen) atoms. The summed E-state index contributed by atoms with van der Waals surface area (Å²) in [6.07, 6.45) is 4.94. The highest BCUT2D eigenvalue weighted by atomic mass is 32.2. The minimum absolute atomic E-state index is 0.0956. The van der Waals surface area contributed by atoms with E-state index < -0.39 is 10.0 Å². The topological polar surface area (TPSA) is 106 Å². The number of aromatic nitrogens is 2. The molecule has 0 amide bonds. The van der Waals surface area contributed by atoms with Gasteiger partial charge in [-0.15, -0.1) is 0 Å². The Morgan fingerprint density at radius 3 is 2.61 bits per heavy atom. The normalized spacial score (nSPS) is 21.7. The summed E-state index contributed by atoms with van der Waals surface area (Å²) in [6, 6.07) is 8.30. The van der Waals surface area contributed by atoms with E-state index in [-0.39, 0.29) is 6.04 Å². The number of hydrazine groups is 2. The molecule has 4 heterocycles. The van der Waals surface area contributed by atoms with E-state index in [1.165, 1.54) is 21.7 Å². The van der Waals surface area contributed by atoms with Crippen LogP contribution in [-0.2, 0) is 10.0 Å². The molecule has 1 aromatic carbocycles. The minimum atomic E-state index is -3.16. The fourth-order valence-electron chi connectivity index (χ4n) is 4.23. The van der Waals surface area contributed by atoms with Crippen LogP contribution in [-0.4, -0.2) is 73.7 Å². The second kappa shape index (κ2) is 7.75. The summed E-state index contributed by atoms with van der Waals surface area (Å²) in [7, 11) is -1.17. The molecule has 1 aromatic heterocycles. The lowest BCUT2D eigenvalue weighted by Gasteiger charge is -2.34. The average molecular weight is 443 g/mol. The van der Waals surface area contributed by atoms with Gasteiger partial charge < -0.3 is 15.3 Å². The molecule has 1 fully saturated rings. The van der Waals surface area contributed by atoms with Gasteiger partial charge in [-0.25, -0.2) is 29.2 Å². The Hall–Kier alpha value is -2.73. The summed E-state index contributed by atoms with van der Waals surface area (Å²) in [4.78, 5) is 11.1. The smallest absolute Gasteiger partial charge is 0.211 e. The Balaban J connectivity index is 1.38. The fourth-order valence-corrected chi connectivity index (χ4v) is 5.06. The summed E-state index contributed by atoms with van der Waals surface area (Å²) in [5.74, 6) is 0.814. The Morgan fingerprint density at radius 1 is 1.10 bits per heavy atom. The number of piperazine rings is 1. The molecule has 1 saturated heterocycles. The number of sulfonamides is 1. The van der Waals surface area contributed by atoms with Crippen LogP contribution >= 0.6 is 0 Å². The van der Waals surface area contributed by atoms with Gasteiger partial charge in [-0.2, -0.15) is 4.31 Å². The van der Waals surface area contributed by atoms with E-state index in [0.29, 0.717) is 26.2 Å². The van der Waals surface area contributed by atoms with Crippen molar-refractivity contribution in [2.75, 3.05) is 56.4 Å². The quantitative estimate of drug-likeness (QED) is 0.619. The molecule has 2 aromatic rings. The third kappa shape index (κ3) is 3.97. The number of anilines is 2. The molecule has 1 atom stereocenters. The Labute approximate surface area is 182 Å².